The number of aromatic nitrogens is 3. The van der Waals surface area contributed by atoms with Crippen LogP contribution in [0.25, 0.3) is 15.8 Å². The van der Waals surface area contributed by atoms with Crippen molar-refractivity contribution in [2.45, 2.75) is 64.2 Å². The third-order valence-electron chi connectivity index (χ3n) is 7.93. The number of nitrogens with one attached hydrogen (secondary N) is 3. The Morgan fingerprint density at radius 1 is 1.14 bits per heavy atom. The number of carbonyl (C=O) groups is 2. The predicted molar refractivity (Wildman–Crippen MR) is 174 cm³/mol. The number of ether oxygens (including phenoxy) is 1. The number of amides is 2. The zero-order chi connectivity index (χ0) is 35.7. The van der Waals surface area contributed by atoms with Gasteiger partial charge < -0.3 is 15.4 Å². The summed E-state index contributed by atoms with van der Waals surface area (Å²) in [5.41, 5.74) is -2.47. The molecule has 0 saturated heterocycles. The van der Waals surface area contributed by atoms with Crippen LogP contribution in [0.1, 0.15) is 73.6 Å². The van der Waals surface area contributed by atoms with Gasteiger partial charge >= 0.3 is 12.3 Å². The molecule has 262 valence electrons. The molecule has 4 aromatic rings. The van der Waals surface area contributed by atoms with Gasteiger partial charge in [-0.25, -0.2) is 23.2 Å². The molecular weight excluding hydrogens is 693 g/mol. The molecule has 2 aromatic carbocycles. The number of hydrogen-bond donors (Lipinski definition) is 3. The Bertz CT molecular complexity index is 1820. The van der Waals surface area contributed by atoms with Crippen LogP contribution in [0.2, 0.25) is 5.02 Å². The highest BCUT2D eigenvalue weighted by molar-refractivity contribution is 7.20. The van der Waals surface area contributed by atoms with Crippen molar-refractivity contribution in [1.29, 1.82) is 5.41 Å². The number of nitrogens with zero attached hydrogens (tertiary/aromatic N) is 4. The predicted octanol–water partition coefficient (Wildman–Crippen LogP) is 8.04. The molecule has 3 N–H and O–H groups in total. The van der Waals surface area contributed by atoms with Crippen molar-refractivity contribution in [2.75, 3.05) is 13.2 Å². The second-order valence-electron chi connectivity index (χ2n) is 12.8. The lowest BCUT2D eigenvalue weighted by Crippen LogP contribution is -2.50. The molecule has 5 rings (SSSR count). The normalized spacial score (nSPS) is 14.8. The quantitative estimate of drug-likeness (QED) is 0.0864. The first-order valence-corrected chi connectivity index (χ1v) is 16.3. The first-order chi connectivity index (χ1) is 23.0. The number of benzene rings is 2. The molecule has 0 aliphatic heterocycles. The number of hydrogen-bond acceptors (Lipinski definition) is 7. The Morgan fingerprint density at radius 3 is 2.49 bits per heavy atom. The van der Waals surface area contributed by atoms with E-state index in [2.05, 4.69) is 15.4 Å². The van der Waals surface area contributed by atoms with Crippen LogP contribution in [0.3, 0.4) is 0 Å². The van der Waals surface area contributed by atoms with Crippen molar-refractivity contribution < 1.29 is 36.3 Å². The monoisotopic (exact) mass is 725 g/mol. The number of fused-ring (bicyclic) bond motifs is 1. The summed E-state index contributed by atoms with van der Waals surface area (Å²) in [5, 5.41) is 18.5. The molecule has 10 nitrogen and oxygen atoms in total. The Morgan fingerprint density at radius 2 is 1.86 bits per heavy atom. The van der Waals surface area contributed by atoms with Crippen LogP contribution in [0.4, 0.5) is 26.7 Å². The maximum Gasteiger partial charge on any atom is 0.411 e. The van der Waals surface area contributed by atoms with Gasteiger partial charge in [0.05, 0.1) is 21.6 Å². The molecule has 1 aliphatic rings. The van der Waals surface area contributed by atoms with E-state index in [1.807, 2.05) is 38.2 Å². The summed E-state index contributed by atoms with van der Waals surface area (Å²) in [6.07, 6.45) is -8.25. The molecule has 2 heterocycles. The number of alkyl halides is 5. The average molecular weight is 726 g/mol. The van der Waals surface area contributed by atoms with Gasteiger partial charge in [-0.1, -0.05) is 56.6 Å². The molecule has 1 saturated carbocycles. The van der Waals surface area contributed by atoms with E-state index in [0.29, 0.717) is 6.42 Å². The Balaban J connectivity index is 1.57. The second kappa shape index (κ2) is 13.9. The summed E-state index contributed by atoms with van der Waals surface area (Å²) < 4.78 is 75.3. The summed E-state index contributed by atoms with van der Waals surface area (Å²) in [6, 6.07) is 11.6. The van der Waals surface area contributed by atoms with Crippen LogP contribution in [0.15, 0.2) is 54.9 Å². The Kier molecular flexibility index (Phi) is 10.2. The summed E-state index contributed by atoms with van der Waals surface area (Å²) in [6.45, 7) is 5.53. The molecule has 0 spiro atoms. The molecule has 1 fully saturated rings. The number of alkyl carbamates (subject to hydrolysis) is 1. The molecule has 0 unspecified atom stereocenters. The third-order valence-corrected chi connectivity index (χ3v) is 9.36. The number of carbonyl (C=O) groups excluding carboxylic acids is 2. The lowest BCUT2D eigenvalue weighted by atomic mass is 9.92. The number of rotatable bonds is 10. The molecular formula is C32H33ClF5N7O3S. The standard InChI is InChI=1S/C32H33ClF5N7O3S/c1-30(2,3)12-13-40-28(39)44(27(46)24-15-19-6-4-5-7-23(19)49-24)22(16-48-29(47)43-31(10-11-31)32(36,37)38)18-8-9-20(33)21(14-18)45-26(25(34)35)41-17-42-45/h4-9,14-15,17,22,25H,10-13,16H2,1-3H3,(H2,39,40)(H,43,47)/t22-/m1/s1. The van der Waals surface area contributed by atoms with E-state index in [0.717, 1.165) is 37.3 Å². The SMILES string of the molecule is CC(C)(C)CCNC(=N)N(C(=O)c1cc2ccccc2s1)[C@H](COC(=O)NC1(C(F)(F)F)CC1)c1ccc(Cl)c(-n2ncnc2C(F)F)c1. The van der Waals surface area contributed by atoms with Crippen molar-refractivity contribution in [3.63, 3.8) is 0 Å². The van der Waals surface area contributed by atoms with Gasteiger partial charge in [-0.2, -0.15) is 18.3 Å². The van der Waals surface area contributed by atoms with Crippen molar-refractivity contribution >= 4 is 51.0 Å². The highest BCUT2D eigenvalue weighted by atomic mass is 35.5. The minimum absolute atomic E-state index is 0.0184. The summed E-state index contributed by atoms with van der Waals surface area (Å²) >= 11 is 7.56. The van der Waals surface area contributed by atoms with Crippen molar-refractivity contribution in [3.05, 3.63) is 76.1 Å². The van der Waals surface area contributed by atoms with Crippen LogP contribution >= 0.6 is 22.9 Å². The van der Waals surface area contributed by atoms with E-state index in [4.69, 9.17) is 21.7 Å². The van der Waals surface area contributed by atoms with Crippen LogP contribution < -0.4 is 10.6 Å². The van der Waals surface area contributed by atoms with Crippen LogP contribution in [0.5, 0.6) is 0 Å². The minimum atomic E-state index is -4.71. The first kappa shape index (κ1) is 36.0. The lowest BCUT2D eigenvalue weighted by molar-refractivity contribution is -0.164. The number of guanidine groups is 1. The lowest BCUT2D eigenvalue weighted by Gasteiger charge is -2.33. The van der Waals surface area contributed by atoms with Gasteiger partial charge in [0.1, 0.15) is 18.5 Å². The maximum atomic E-state index is 14.4. The highest BCUT2D eigenvalue weighted by Gasteiger charge is 2.64. The van der Waals surface area contributed by atoms with E-state index in [-0.39, 0.29) is 51.9 Å². The van der Waals surface area contributed by atoms with E-state index in [9.17, 15) is 31.5 Å². The molecule has 2 amide bonds. The fourth-order valence-electron chi connectivity index (χ4n) is 5.04. The minimum Gasteiger partial charge on any atom is -0.447 e. The Hall–Kier alpha value is -4.31. The fourth-order valence-corrected chi connectivity index (χ4v) is 6.24. The topological polar surface area (TPSA) is 125 Å². The molecule has 0 bridgehead atoms. The zero-order valence-corrected chi connectivity index (χ0v) is 28.1. The summed E-state index contributed by atoms with van der Waals surface area (Å²) in [5.74, 6) is -1.79. The van der Waals surface area contributed by atoms with Gasteiger partial charge in [-0.15, -0.1) is 11.3 Å². The van der Waals surface area contributed by atoms with Gasteiger partial charge in [0.2, 0.25) is 0 Å². The van der Waals surface area contributed by atoms with Crippen molar-refractivity contribution in [3.8, 4) is 5.69 Å². The second-order valence-corrected chi connectivity index (χ2v) is 14.3. The molecule has 2 aromatic heterocycles. The molecule has 0 radical (unpaired) electrons. The first-order valence-electron chi connectivity index (χ1n) is 15.1. The average Bonchev–Trinajstić information content (AvgIpc) is 3.44. The van der Waals surface area contributed by atoms with Gasteiger partial charge in [-0.05, 0) is 59.9 Å². The number of thiophene rings is 1. The van der Waals surface area contributed by atoms with Crippen LogP contribution in [-0.4, -0.2) is 62.5 Å². The van der Waals surface area contributed by atoms with Gasteiger partial charge in [0, 0.05) is 11.2 Å². The molecule has 17 heteroatoms. The molecule has 49 heavy (non-hydrogen) atoms. The van der Waals surface area contributed by atoms with Gasteiger partial charge in [0.15, 0.2) is 11.8 Å². The van der Waals surface area contributed by atoms with E-state index >= 15 is 0 Å². The van der Waals surface area contributed by atoms with E-state index in [1.54, 1.807) is 18.2 Å². The van der Waals surface area contributed by atoms with Crippen LogP contribution in [0, 0.1) is 10.8 Å². The summed E-state index contributed by atoms with van der Waals surface area (Å²) in [7, 11) is 0. The van der Waals surface area contributed by atoms with Crippen molar-refractivity contribution in [1.82, 2.24) is 30.3 Å². The summed E-state index contributed by atoms with van der Waals surface area (Å²) in [4.78, 5) is 32.0. The Labute approximate surface area is 287 Å². The fraction of sp³-hybridized carbons (Fsp3) is 0.406. The molecule has 1 atom stereocenters. The highest BCUT2D eigenvalue weighted by Crippen LogP contribution is 2.49. The third kappa shape index (κ3) is 8.12. The molecule has 1 aliphatic carbocycles. The van der Waals surface area contributed by atoms with Gasteiger partial charge in [0.25, 0.3) is 12.3 Å². The van der Waals surface area contributed by atoms with E-state index in [1.165, 1.54) is 18.2 Å². The van der Waals surface area contributed by atoms with Crippen molar-refractivity contribution in [2.24, 2.45) is 5.41 Å². The smallest absolute Gasteiger partial charge is 0.411 e. The van der Waals surface area contributed by atoms with E-state index < -0.39 is 48.6 Å². The van der Waals surface area contributed by atoms with Gasteiger partial charge in [-0.3, -0.25) is 15.1 Å². The largest absolute Gasteiger partial charge is 0.447 e. The maximum absolute atomic E-state index is 14.4. The number of halogens is 6. The van der Waals surface area contributed by atoms with Crippen LogP contribution in [-0.2, 0) is 4.74 Å². The zero-order valence-electron chi connectivity index (χ0n) is 26.6.